The first-order valence-electron chi connectivity index (χ1n) is 13.3. The van der Waals surface area contributed by atoms with Crippen molar-refractivity contribution in [3.05, 3.63) is 101 Å². The maximum atomic E-state index is 15.0. The molecule has 2 atom stereocenters. The summed E-state index contributed by atoms with van der Waals surface area (Å²) >= 11 is 0. The molecule has 0 saturated carbocycles. The Morgan fingerprint density at radius 3 is 2.23 bits per heavy atom. The van der Waals surface area contributed by atoms with Gasteiger partial charge in [-0.1, -0.05) is 36.4 Å². The van der Waals surface area contributed by atoms with Gasteiger partial charge in [0, 0.05) is 38.4 Å². The molecule has 0 saturated heterocycles. The van der Waals surface area contributed by atoms with E-state index in [0.717, 1.165) is 18.2 Å². The summed E-state index contributed by atoms with van der Waals surface area (Å²) in [5.41, 5.74) is -1.32. The van der Waals surface area contributed by atoms with Crippen molar-refractivity contribution in [3.63, 3.8) is 0 Å². The Balaban J connectivity index is 2.23. The molecule has 3 rings (SSSR count). The van der Waals surface area contributed by atoms with Gasteiger partial charge in [0.05, 0.1) is 24.7 Å². The van der Waals surface area contributed by atoms with Crippen LogP contribution in [-0.2, 0) is 23.2 Å². The molecule has 0 radical (unpaired) electrons. The lowest BCUT2D eigenvalue weighted by Crippen LogP contribution is -2.49. The lowest BCUT2D eigenvalue weighted by molar-refractivity contribution is -0.253. The van der Waals surface area contributed by atoms with E-state index in [1.165, 1.54) is 19.2 Å². The number of halogens is 9. The first kappa shape index (κ1) is 35.2. The highest BCUT2D eigenvalue weighted by molar-refractivity contribution is 5.46. The Hall–Kier alpha value is -3.33. The predicted octanol–water partition coefficient (Wildman–Crippen LogP) is 6.33. The summed E-state index contributed by atoms with van der Waals surface area (Å²) in [6.45, 7) is -0.141. The SMILES string of the molecule is COCCNCc1cc([C@@](Cc2ccccc2)(NCC(O)CC(F)(F)F)c2cc(F)cc(OC(F)(F)C(F)F)c2)ccc1F. The van der Waals surface area contributed by atoms with E-state index in [1.807, 2.05) is 0 Å². The Morgan fingerprint density at radius 1 is 0.886 bits per heavy atom. The van der Waals surface area contributed by atoms with E-state index < -0.39 is 60.7 Å². The number of rotatable bonds is 16. The van der Waals surface area contributed by atoms with Crippen molar-refractivity contribution < 1.29 is 54.1 Å². The fourth-order valence-electron chi connectivity index (χ4n) is 4.61. The highest BCUT2D eigenvalue weighted by atomic mass is 19.4. The summed E-state index contributed by atoms with van der Waals surface area (Å²) in [7, 11) is 1.47. The minimum Gasteiger partial charge on any atom is -0.428 e. The van der Waals surface area contributed by atoms with Crippen LogP contribution in [0.4, 0.5) is 39.5 Å². The number of hydrogen-bond acceptors (Lipinski definition) is 5. The number of benzene rings is 3. The number of aliphatic hydroxyl groups is 1. The van der Waals surface area contributed by atoms with E-state index in [2.05, 4.69) is 15.4 Å². The van der Waals surface area contributed by atoms with Crippen LogP contribution in [0, 0.1) is 11.6 Å². The summed E-state index contributed by atoms with van der Waals surface area (Å²) in [5, 5.41) is 16.0. The Kier molecular flexibility index (Phi) is 12.1. The zero-order valence-electron chi connectivity index (χ0n) is 23.4. The largest absolute Gasteiger partial charge is 0.461 e. The third-order valence-corrected chi connectivity index (χ3v) is 6.63. The second kappa shape index (κ2) is 15.1. The van der Waals surface area contributed by atoms with E-state index in [4.69, 9.17) is 4.74 Å². The van der Waals surface area contributed by atoms with Gasteiger partial charge in [-0.05, 0) is 47.4 Å². The molecule has 0 aliphatic carbocycles. The highest BCUT2D eigenvalue weighted by Crippen LogP contribution is 2.38. The Morgan fingerprint density at radius 2 is 1.59 bits per heavy atom. The van der Waals surface area contributed by atoms with Gasteiger partial charge in [-0.2, -0.15) is 30.7 Å². The average Bonchev–Trinajstić information content (AvgIpc) is 2.93. The van der Waals surface area contributed by atoms with Gasteiger partial charge in [0.15, 0.2) is 0 Å². The molecule has 0 bridgehead atoms. The van der Waals surface area contributed by atoms with Gasteiger partial charge in [0.1, 0.15) is 17.4 Å². The number of methoxy groups -OCH3 is 1. The molecule has 3 aromatic rings. The van der Waals surface area contributed by atoms with Crippen LogP contribution in [0.2, 0.25) is 0 Å². The highest BCUT2D eigenvalue weighted by Gasteiger charge is 2.45. The monoisotopic (exact) mass is 638 g/mol. The summed E-state index contributed by atoms with van der Waals surface area (Å²) in [6, 6.07) is 14.0. The standard InChI is InChI=1S/C30H31F9N2O3/c1-43-10-9-40-17-20-11-21(7-8-26(20)32)28(15-19-5-3-2-4-6-19,41-18-24(42)16-29(35,36)37)22-12-23(31)14-25(13-22)44-30(38,39)27(33)34/h2-8,11-14,24,27,40-42H,9-10,15-18H2,1H3/t24?,28-/m1/s1. The molecular weight excluding hydrogens is 607 g/mol. The van der Waals surface area contributed by atoms with Crippen molar-refractivity contribution >= 4 is 0 Å². The van der Waals surface area contributed by atoms with E-state index in [0.29, 0.717) is 24.8 Å². The smallest absolute Gasteiger partial charge is 0.428 e. The molecule has 14 heteroatoms. The van der Waals surface area contributed by atoms with E-state index >= 15 is 0 Å². The summed E-state index contributed by atoms with van der Waals surface area (Å²) in [4.78, 5) is 0. The molecule has 242 valence electrons. The molecule has 0 fully saturated rings. The molecule has 0 spiro atoms. The zero-order chi connectivity index (χ0) is 32.5. The average molecular weight is 639 g/mol. The third kappa shape index (κ3) is 9.84. The van der Waals surface area contributed by atoms with Crippen molar-refractivity contribution in [2.75, 3.05) is 26.8 Å². The van der Waals surface area contributed by atoms with Gasteiger partial charge < -0.3 is 25.2 Å². The van der Waals surface area contributed by atoms with Gasteiger partial charge in [-0.25, -0.2) is 8.78 Å². The van der Waals surface area contributed by atoms with Crippen LogP contribution in [-0.4, -0.2) is 56.7 Å². The molecule has 1 unspecified atom stereocenters. The first-order valence-corrected chi connectivity index (χ1v) is 13.3. The van der Waals surface area contributed by atoms with E-state index in [1.54, 1.807) is 30.3 Å². The summed E-state index contributed by atoms with van der Waals surface area (Å²) in [5.74, 6) is -2.85. The first-order chi connectivity index (χ1) is 20.6. The quantitative estimate of drug-likeness (QED) is 0.127. The van der Waals surface area contributed by atoms with Crippen LogP contribution in [0.25, 0.3) is 0 Å². The van der Waals surface area contributed by atoms with Gasteiger partial charge in [0.2, 0.25) is 0 Å². The normalized spacial score (nSPS) is 14.5. The predicted molar refractivity (Wildman–Crippen MR) is 144 cm³/mol. The molecule has 0 aliphatic rings. The van der Waals surface area contributed by atoms with Gasteiger partial charge in [-0.15, -0.1) is 0 Å². The summed E-state index contributed by atoms with van der Waals surface area (Å²) < 4.78 is 132. The number of nitrogens with one attached hydrogen (secondary N) is 2. The number of alkyl halides is 7. The van der Waals surface area contributed by atoms with Crippen molar-refractivity contribution in [2.24, 2.45) is 0 Å². The van der Waals surface area contributed by atoms with Crippen LogP contribution >= 0.6 is 0 Å². The minimum absolute atomic E-state index is 0.0285. The fourth-order valence-corrected chi connectivity index (χ4v) is 4.61. The molecule has 3 aromatic carbocycles. The van der Waals surface area contributed by atoms with Crippen LogP contribution < -0.4 is 15.4 Å². The van der Waals surface area contributed by atoms with E-state index in [9.17, 15) is 44.6 Å². The van der Waals surface area contributed by atoms with Crippen LogP contribution in [0.5, 0.6) is 5.75 Å². The van der Waals surface area contributed by atoms with Crippen molar-refractivity contribution in [1.29, 1.82) is 0 Å². The van der Waals surface area contributed by atoms with Crippen LogP contribution in [0.1, 0.15) is 28.7 Å². The van der Waals surface area contributed by atoms with E-state index in [-0.39, 0.29) is 29.7 Å². The molecule has 0 aliphatic heterocycles. The topological polar surface area (TPSA) is 62.8 Å². The lowest BCUT2D eigenvalue weighted by Gasteiger charge is -2.38. The van der Waals surface area contributed by atoms with Crippen molar-refractivity contribution in [3.8, 4) is 5.75 Å². The Bertz CT molecular complexity index is 1340. The number of ether oxygens (including phenoxy) is 2. The second-order valence-corrected chi connectivity index (χ2v) is 10.0. The van der Waals surface area contributed by atoms with Crippen LogP contribution in [0.15, 0.2) is 66.7 Å². The van der Waals surface area contributed by atoms with Crippen LogP contribution in [0.3, 0.4) is 0 Å². The Labute approximate surface area is 248 Å². The number of aliphatic hydroxyl groups excluding tert-OH is 1. The summed E-state index contributed by atoms with van der Waals surface area (Å²) in [6.07, 6.45) is -17.8. The molecular formula is C30H31F9N2O3. The van der Waals surface area contributed by atoms with Gasteiger partial charge in [0.25, 0.3) is 0 Å². The third-order valence-electron chi connectivity index (χ3n) is 6.63. The molecule has 0 amide bonds. The maximum absolute atomic E-state index is 15.0. The van der Waals surface area contributed by atoms with Crippen molar-refractivity contribution in [1.82, 2.24) is 10.6 Å². The fraction of sp³-hybridized carbons (Fsp3) is 0.400. The van der Waals surface area contributed by atoms with Crippen molar-refractivity contribution in [2.45, 2.75) is 49.7 Å². The minimum atomic E-state index is -5.00. The lowest BCUT2D eigenvalue weighted by atomic mass is 9.77. The van der Waals surface area contributed by atoms with Gasteiger partial charge in [-0.3, -0.25) is 0 Å². The zero-order valence-corrected chi connectivity index (χ0v) is 23.4. The molecule has 0 heterocycles. The molecule has 0 aromatic heterocycles. The number of hydrogen-bond donors (Lipinski definition) is 3. The van der Waals surface area contributed by atoms with Gasteiger partial charge >= 0.3 is 18.7 Å². The molecule has 5 nitrogen and oxygen atoms in total. The molecule has 3 N–H and O–H groups in total. The second-order valence-electron chi connectivity index (χ2n) is 10.0. The molecule has 44 heavy (non-hydrogen) atoms. The maximum Gasteiger partial charge on any atom is 0.461 e.